The molecular weight excluding hydrogens is 403 g/mol. The molecular formula is C27H27FN2O2. The number of halogens is 1. The first-order valence-electron chi connectivity index (χ1n) is 10.9. The molecule has 5 heteroatoms. The molecule has 0 aliphatic carbocycles. The molecule has 3 aromatic carbocycles. The predicted molar refractivity (Wildman–Crippen MR) is 123 cm³/mol. The van der Waals surface area contributed by atoms with Gasteiger partial charge in [-0.15, -0.1) is 0 Å². The summed E-state index contributed by atoms with van der Waals surface area (Å²) in [5, 5.41) is 3.02. The number of hydrogen-bond acceptors (Lipinski definition) is 2. The predicted octanol–water partition coefficient (Wildman–Crippen LogP) is 4.70. The van der Waals surface area contributed by atoms with Gasteiger partial charge in [-0.25, -0.2) is 4.39 Å². The third kappa shape index (κ3) is 5.05. The van der Waals surface area contributed by atoms with Gasteiger partial charge in [-0.1, -0.05) is 60.7 Å². The Bertz CT molecular complexity index is 1090. The molecule has 2 amide bonds. The fourth-order valence-electron chi connectivity index (χ4n) is 4.31. The molecule has 0 spiro atoms. The average molecular weight is 431 g/mol. The molecule has 0 aromatic heterocycles. The fourth-order valence-corrected chi connectivity index (χ4v) is 4.31. The van der Waals surface area contributed by atoms with Crippen LogP contribution in [0.3, 0.4) is 0 Å². The molecule has 0 radical (unpaired) electrons. The summed E-state index contributed by atoms with van der Waals surface area (Å²) in [4.78, 5) is 28.0. The van der Waals surface area contributed by atoms with Crippen molar-refractivity contribution in [2.24, 2.45) is 5.92 Å². The van der Waals surface area contributed by atoms with Gasteiger partial charge in [0.25, 0.3) is 5.91 Å². The number of carbonyl (C=O) groups is 2. The number of likely N-dealkylation sites (tertiary alicyclic amines) is 1. The van der Waals surface area contributed by atoms with Crippen molar-refractivity contribution in [3.8, 4) is 0 Å². The lowest BCUT2D eigenvalue weighted by Gasteiger charge is -2.37. The van der Waals surface area contributed by atoms with Gasteiger partial charge in [0.15, 0.2) is 0 Å². The van der Waals surface area contributed by atoms with Crippen LogP contribution in [0.2, 0.25) is 0 Å². The SMILES string of the molecule is Cc1cc([C@H]2C[C@H](C(=O)NCc3ccccc3)CN(C(=O)c3ccccc3)C2)ccc1F. The Morgan fingerprint density at radius 3 is 2.34 bits per heavy atom. The summed E-state index contributed by atoms with van der Waals surface area (Å²) in [6.45, 7) is 3.05. The van der Waals surface area contributed by atoms with Crippen LogP contribution in [0.25, 0.3) is 0 Å². The van der Waals surface area contributed by atoms with Crippen molar-refractivity contribution in [1.29, 1.82) is 0 Å². The molecule has 1 N–H and O–H groups in total. The van der Waals surface area contributed by atoms with Gasteiger partial charge in [-0.3, -0.25) is 9.59 Å². The van der Waals surface area contributed by atoms with Crippen molar-refractivity contribution in [1.82, 2.24) is 10.2 Å². The first-order chi connectivity index (χ1) is 15.5. The van der Waals surface area contributed by atoms with Crippen LogP contribution in [0.1, 0.15) is 39.4 Å². The van der Waals surface area contributed by atoms with Crippen LogP contribution in [-0.4, -0.2) is 29.8 Å². The number of nitrogens with zero attached hydrogens (tertiary/aromatic N) is 1. The van der Waals surface area contributed by atoms with Gasteiger partial charge < -0.3 is 10.2 Å². The van der Waals surface area contributed by atoms with Gasteiger partial charge in [0.05, 0.1) is 5.92 Å². The summed E-state index contributed by atoms with van der Waals surface area (Å²) in [6.07, 6.45) is 0.615. The van der Waals surface area contributed by atoms with E-state index >= 15 is 0 Å². The van der Waals surface area contributed by atoms with Crippen molar-refractivity contribution >= 4 is 11.8 Å². The van der Waals surface area contributed by atoms with E-state index in [0.717, 1.165) is 11.1 Å². The molecule has 1 saturated heterocycles. The minimum Gasteiger partial charge on any atom is -0.352 e. The highest BCUT2D eigenvalue weighted by Crippen LogP contribution is 2.32. The maximum absolute atomic E-state index is 13.8. The van der Waals surface area contributed by atoms with Gasteiger partial charge in [0.1, 0.15) is 5.82 Å². The number of rotatable bonds is 5. The molecule has 0 bridgehead atoms. The van der Waals surface area contributed by atoms with Gasteiger partial charge in [-0.05, 0) is 48.2 Å². The molecule has 164 valence electrons. The number of amides is 2. The molecule has 1 aliphatic rings. The highest BCUT2D eigenvalue weighted by Gasteiger charge is 2.35. The Labute approximate surface area is 188 Å². The summed E-state index contributed by atoms with van der Waals surface area (Å²) in [5.74, 6) is -0.782. The lowest BCUT2D eigenvalue weighted by atomic mass is 9.83. The summed E-state index contributed by atoms with van der Waals surface area (Å²) < 4.78 is 13.8. The van der Waals surface area contributed by atoms with Gasteiger partial charge in [0, 0.05) is 31.1 Å². The quantitative estimate of drug-likeness (QED) is 0.638. The molecule has 1 fully saturated rings. The van der Waals surface area contributed by atoms with E-state index in [0.29, 0.717) is 37.2 Å². The molecule has 2 atom stereocenters. The topological polar surface area (TPSA) is 49.4 Å². The van der Waals surface area contributed by atoms with Crippen LogP contribution in [0.4, 0.5) is 4.39 Å². The van der Waals surface area contributed by atoms with Crippen molar-refractivity contribution < 1.29 is 14.0 Å². The molecule has 0 saturated carbocycles. The highest BCUT2D eigenvalue weighted by molar-refractivity contribution is 5.94. The van der Waals surface area contributed by atoms with E-state index in [1.807, 2.05) is 54.6 Å². The van der Waals surface area contributed by atoms with Crippen LogP contribution in [0.15, 0.2) is 78.9 Å². The molecule has 1 heterocycles. The Balaban J connectivity index is 1.55. The van der Waals surface area contributed by atoms with Crippen LogP contribution < -0.4 is 5.32 Å². The molecule has 3 aromatic rings. The summed E-state index contributed by atoms with van der Waals surface area (Å²) in [6, 6.07) is 23.9. The fraction of sp³-hybridized carbons (Fsp3) is 0.259. The Kier molecular flexibility index (Phi) is 6.64. The third-order valence-corrected chi connectivity index (χ3v) is 6.09. The number of piperidine rings is 1. The molecule has 32 heavy (non-hydrogen) atoms. The zero-order valence-corrected chi connectivity index (χ0v) is 18.1. The van der Waals surface area contributed by atoms with Gasteiger partial charge in [-0.2, -0.15) is 0 Å². The summed E-state index contributed by atoms with van der Waals surface area (Å²) >= 11 is 0. The largest absolute Gasteiger partial charge is 0.352 e. The van der Waals surface area contributed by atoms with Crippen LogP contribution in [0.5, 0.6) is 0 Å². The normalized spacial score (nSPS) is 18.2. The standard InChI is InChI=1S/C27H27FN2O2/c1-19-14-22(12-13-25(19)28)23-15-24(26(31)29-16-20-8-4-2-5-9-20)18-30(17-23)27(32)21-10-6-3-7-11-21/h2-14,23-24H,15-18H2,1H3,(H,29,31)/t23-,24-/m0/s1. The van der Waals surface area contributed by atoms with Gasteiger partial charge in [0.2, 0.25) is 5.91 Å². The maximum atomic E-state index is 13.8. The summed E-state index contributed by atoms with van der Waals surface area (Å²) in [5.41, 5.74) is 3.15. The Hall–Kier alpha value is -3.47. The van der Waals surface area contributed by atoms with Crippen molar-refractivity contribution in [2.75, 3.05) is 13.1 Å². The monoisotopic (exact) mass is 430 g/mol. The van der Waals surface area contributed by atoms with E-state index in [2.05, 4.69) is 5.32 Å². The van der Waals surface area contributed by atoms with E-state index in [-0.39, 0.29) is 29.5 Å². The number of hydrogen-bond donors (Lipinski definition) is 1. The number of carbonyl (C=O) groups excluding carboxylic acids is 2. The zero-order valence-electron chi connectivity index (χ0n) is 18.1. The van der Waals surface area contributed by atoms with E-state index in [1.165, 1.54) is 6.07 Å². The number of benzene rings is 3. The van der Waals surface area contributed by atoms with E-state index in [4.69, 9.17) is 0 Å². The zero-order chi connectivity index (χ0) is 22.5. The molecule has 4 nitrogen and oxygen atoms in total. The second-order valence-electron chi connectivity index (χ2n) is 8.42. The maximum Gasteiger partial charge on any atom is 0.253 e. The Morgan fingerprint density at radius 2 is 1.66 bits per heavy atom. The van der Waals surface area contributed by atoms with Crippen molar-refractivity contribution in [2.45, 2.75) is 25.8 Å². The van der Waals surface area contributed by atoms with Crippen LogP contribution >= 0.6 is 0 Å². The minimum absolute atomic E-state index is 0.0387. The van der Waals surface area contributed by atoms with Crippen LogP contribution in [0, 0.1) is 18.7 Å². The van der Waals surface area contributed by atoms with E-state index < -0.39 is 0 Å². The van der Waals surface area contributed by atoms with Crippen LogP contribution in [-0.2, 0) is 11.3 Å². The Morgan fingerprint density at radius 1 is 0.969 bits per heavy atom. The first-order valence-corrected chi connectivity index (χ1v) is 10.9. The lowest BCUT2D eigenvalue weighted by Crippen LogP contribution is -2.48. The molecule has 0 unspecified atom stereocenters. The van der Waals surface area contributed by atoms with Crippen molar-refractivity contribution in [3.63, 3.8) is 0 Å². The number of nitrogens with one attached hydrogen (secondary N) is 1. The smallest absolute Gasteiger partial charge is 0.253 e. The van der Waals surface area contributed by atoms with Gasteiger partial charge >= 0.3 is 0 Å². The van der Waals surface area contributed by atoms with E-state index in [9.17, 15) is 14.0 Å². The average Bonchev–Trinajstić information content (AvgIpc) is 2.84. The number of aryl methyl sites for hydroxylation is 1. The third-order valence-electron chi connectivity index (χ3n) is 6.09. The molecule has 4 rings (SSSR count). The first kappa shape index (κ1) is 21.8. The second kappa shape index (κ2) is 9.77. The summed E-state index contributed by atoms with van der Waals surface area (Å²) in [7, 11) is 0. The minimum atomic E-state index is -0.338. The van der Waals surface area contributed by atoms with E-state index in [1.54, 1.807) is 30.0 Å². The van der Waals surface area contributed by atoms with Crippen molar-refractivity contribution in [3.05, 3.63) is 107 Å². The highest BCUT2D eigenvalue weighted by atomic mass is 19.1. The second-order valence-corrected chi connectivity index (χ2v) is 8.42. The lowest BCUT2D eigenvalue weighted by molar-refractivity contribution is -0.126. The molecule has 1 aliphatic heterocycles.